The van der Waals surface area contributed by atoms with Gasteiger partial charge in [-0.1, -0.05) is 23.7 Å². The summed E-state index contributed by atoms with van der Waals surface area (Å²) < 4.78 is 4.67. The fourth-order valence-corrected chi connectivity index (χ4v) is 2.37. The van der Waals surface area contributed by atoms with Crippen LogP contribution in [0.2, 0.25) is 5.02 Å². The van der Waals surface area contributed by atoms with Crippen molar-refractivity contribution in [1.29, 1.82) is 0 Å². The van der Waals surface area contributed by atoms with Gasteiger partial charge in [0, 0.05) is 5.02 Å². The van der Waals surface area contributed by atoms with Gasteiger partial charge in [-0.15, -0.1) is 0 Å². The second kappa shape index (κ2) is 6.02. The van der Waals surface area contributed by atoms with E-state index < -0.39 is 11.9 Å². The SMILES string of the molecule is COC(=O)C1CCC/C(=C\c2ccc(Cl)cc2)C1=O. The maximum absolute atomic E-state index is 12.2. The Morgan fingerprint density at radius 2 is 2.05 bits per heavy atom. The first kappa shape index (κ1) is 13.8. The van der Waals surface area contributed by atoms with Gasteiger partial charge in [0.15, 0.2) is 5.78 Å². The number of rotatable bonds is 2. The van der Waals surface area contributed by atoms with E-state index in [0.717, 1.165) is 12.0 Å². The zero-order chi connectivity index (χ0) is 13.8. The van der Waals surface area contributed by atoms with Crippen LogP contribution < -0.4 is 0 Å². The molecule has 100 valence electrons. The van der Waals surface area contributed by atoms with E-state index in [9.17, 15) is 9.59 Å². The summed E-state index contributed by atoms with van der Waals surface area (Å²) in [6.45, 7) is 0. The molecule has 0 amide bonds. The minimum Gasteiger partial charge on any atom is -0.468 e. The van der Waals surface area contributed by atoms with Crippen molar-refractivity contribution in [2.75, 3.05) is 7.11 Å². The van der Waals surface area contributed by atoms with Crippen LogP contribution in [0.4, 0.5) is 0 Å². The normalized spacial score (nSPS) is 21.5. The molecule has 1 aromatic carbocycles. The second-order valence-corrected chi connectivity index (χ2v) is 4.99. The van der Waals surface area contributed by atoms with Gasteiger partial charge in [0.05, 0.1) is 7.11 Å². The Kier molecular flexibility index (Phi) is 4.38. The molecule has 19 heavy (non-hydrogen) atoms. The van der Waals surface area contributed by atoms with Gasteiger partial charge < -0.3 is 4.74 Å². The van der Waals surface area contributed by atoms with Gasteiger partial charge in [-0.05, 0) is 48.6 Å². The van der Waals surface area contributed by atoms with Crippen LogP contribution in [0.25, 0.3) is 6.08 Å². The number of methoxy groups -OCH3 is 1. The number of esters is 1. The third-order valence-electron chi connectivity index (χ3n) is 3.27. The number of ketones is 1. The van der Waals surface area contributed by atoms with Crippen molar-refractivity contribution >= 4 is 29.4 Å². The molecule has 1 aliphatic carbocycles. The lowest BCUT2D eigenvalue weighted by Crippen LogP contribution is -2.29. The smallest absolute Gasteiger partial charge is 0.316 e. The number of Topliss-reactive ketones (excluding diaryl/α,β-unsaturated/α-hetero) is 1. The van der Waals surface area contributed by atoms with E-state index >= 15 is 0 Å². The van der Waals surface area contributed by atoms with Crippen LogP contribution in [0.3, 0.4) is 0 Å². The number of benzene rings is 1. The van der Waals surface area contributed by atoms with E-state index in [2.05, 4.69) is 4.74 Å². The largest absolute Gasteiger partial charge is 0.468 e. The lowest BCUT2D eigenvalue weighted by atomic mass is 9.83. The molecule has 0 heterocycles. The summed E-state index contributed by atoms with van der Waals surface area (Å²) in [5.41, 5.74) is 1.60. The second-order valence-electron chi connectivity index (χ2n) is 4.55. The average molecular weight is 279 g/mol. The van der Waals surface area contributed by atoms with E-state index in [1.54, 1.807) is 12.1 Å². The topological polar surface area (TPSA) is 43.4 Å². The standard InChI is InChI=1S/C15H15ClO3/c1-19-15(18)13-4-2-3-11(14(13)17)9-10-5-7-12(16)8-6-10/h5-9,13H,2-4H2,1H3/b11-9+. The Morgan fingerprint density at radius 1 is 1.37 bits per heavy atom. The molecule has 0 N–H and O–H groups in total. The number of carbonyl (C=O) groups is 2. The van der Waals surface area contributed by atoms with Gasteiger partial charge in [0.1, 0.15) is 5.92 Å². The summed E-state index contributed by atoms with van der Waals surface area (Å²) in [6.07, 6.45) is 3.93. The summed E-state index contributed by atoms with van der Waals surface area (Å²) in [6, 6.07) is 7.26. The third kappa shape index (κ3) is 3.24. The minimum atomic E-state index is -0.641. The molecule has 3 nitrogen and oxygen atoms in total. The Bertz CT molecular complexity index is 517. The van der Waals surface area contributed by atoms with Crippen molar-refractivity contribution in [2.24, 2.45) is 5.92 Å². The molecule has 1 atom stereocenters. The van der Waals surface area contributed by atoms with Crippen LogP contribution in [0.15, 0.2) is 29.8 Å². The monoisotopic (exact) mass is 278 g/mol. The van der Waals surface area contributed by atoms with Crippen molar-refractivity contribution in [3.63, 3.8) is 0 Å². The van der Waals surface area contributed by atoms with E-state index in [1.165, 1.54) is 7.11 Å². The summed E-state index contributed by atoms with van der Waals surface area (Å²) in [7, 11) is 1.31. The van der Waals surface area contributed by atoms with Gasteiger partial charge in [-0.3, -0.25) is 9.59 Å². The Balaban J connectivity index is 2.22. The van der Waals surface area contributed by atoms with E-state index in [-0.39, 0.29) is 5.78 Å². The Labute approximate surface area is 117 Å². The van der Waals surface area contributed by atoms with E-state index in [1.807, 2.05) is 18.2 Å². The molecule has 1 fully saturated rings. The van der Waals surface area contributed by atoms with Gasteiger partial charge >= 0.3 is 5.97 Å². The molecule has 1 unspecified atom stereocenters. The van der Waals surface area contributed by atoms with Crippen LogP contribution in [0, 0.1) is 5.92 Å². The molecule has 0 aliphatic heterocycles. The van der Waals surface area contributed by atoms with Crippen molar-refractivity contribution in [1.82, 2.24) is 0 Å². The molecule has 1 aliphatic rings. The summed E-state index contributed by atoms with van der Waals surface area (Å²) >= 11 is 5.82. The number of hydrogen-bond donors (Lipinski definition) is 0. The predicted octanol–water partition coefficient (Wildman–Crippen LogP) is 3.27. The van der Waals surface area contributed by atoms with E-state index in [0.29, 0.717) is 23.4 Å². The first-order chi connectivity index (χ1) is 9.11. The quantitative estimate of drug-likeness (QED) is 0.474. The molecular weight excluding hydrogens is 264 g/mol. The van der Waals surface area contributed by atoms with Crippen molar-refractivity contribution < 1.29 is 14.3 Å². The van der Waals surface area contributed by atoms with Gasteiger partial charge in [-0.2, -0.15) is 0 Å². The van der Waals surface area contributed by atoms with Crippen molar-refractivity contribution in [2.45, 2.75) is 19.3 Å². The number of allylic oxidation sites excluding steroid dienone is 1. The molecule has 0 saturated heterocycles. The molecule has 2 rings (SSSR count). The molecule has 1 aromatic rings. The molecule has 0 radical (unpaired) electrons. The van der Waals surface area contributed by atoms with Crippen LogP contribution >= 0.6 is 11.6 Å². The molecule has 1 saturated carbocycles. The van der Waals surface area contributed by atoms with Crippen molar-refractivity contribution in [3.05, 3.63) is 40.4 Å². The van der Waals surface area contributed by atoms with E-state index in [4.69, 9.17) is 11.6 Å². The first-order valence-electron chi connectivity index (χ1n) is 6.20. The first-order valence-corrected chi connectivity index (χ1v) is 6.58. The fourth-order valence-electron chi connectivity index (χ4n) is 2.25. The highest BCUT2D eigenvalue weighted by molar-refractivity contribution is 6.30. The summed E-state index contributed by atoms with van der Waals surface area (Å²) in [5.74, 6) is -1.20. The van der Waals surface area contributed by atoms with Crippen LogP contribution in [0.5, 0.6) is 0 Å². The highest BCUT2D eigenvalue weighted by atomic mass is 35.5. The third-order valence-corrected chi connectivity index (χ3v) is 3.52. The van der Waals surface area contributed by atoms with Crippen molar-refractivity contribution in [3.8, 4) is 0 Å². The summed E-state index contributed by atoms with van der Waals surface area (Å²) in [5, 5.41) is 0.657. The highest BCUT2D eigenvalue weighted by Gasteiger charge is 2.32. The maximum atomic E-state index is 12.2. The van der Waals surface area contributed by atoms with Gasteiger partial charge in [-0.25, -0.2) is 0 Å². The maximum Gasteiger partial charge on any atom is 0.316 e. The van der Waals surface area contributed by atoms with Crippen LogP contribution in [-0.2, 0) is 14.3 Å². The molecule has 0 aromatic heterocycles. The number of hydrogen-bond acceptors (Lipinski definition) is 3. The Morgan fingerprint density at radius 3 is 2.68 bits per heavy atom. The van der Waals surface area contributed by atoms with Gasteiger partial charge in [0.2, 0.25) is 0 Å². The number of halogens is 1. The highest BCUT2D eigenvalue weighted by Crippen LogP contribution is 2.28. The molecular formula is C15H15ClO3. The minimum absolute atomic E-state index is 0.118. The molecule has 4 heteroatoms. The fraction of sp³-hybridized carbons (Fsp3) is 0.333. The number of ether oxygens (including phenoxy) is 1. The van der Waals surface area contributed by atoms with Crippen LogP contribution in [0.1, 0.15) is 24.8 Å². The molecule has 0 bridgehead atoms. The van der Waals surface area contributed by atoms with Crippen LogP contribution in [-0.4, -0.2) is 18.9 Å². The lowest BCUT2D eigenvalue weighted by Gasteiger charge is -2.20. The zero-order valence-corrected chi connectivity index (χ0v) is 11.4. The van der Waals surface area contributed by atoms with Gasteiger partial charge in [0.25, 0.3) is 0 Å². The average Bonchev–Trinajstić information content (AvgIpc) is 2.43. The summed E-state index contributed by atoms with van der Waals surface area (Å²) in [4.78, 5) is 23.7. The Hall–Kier alpha value is -1.61. The molecule has 0 spiro atoms. The number of carbonyl (C=O) groups excluding carboxylic acids is 2. The lowest BCUT2D eigenvalue weighted by molar-refractivity contribution is -0.149. The zero-order valence-electron chi connectivity index (χ0n) is 10.7. The predicted molar refractivity (Wildman–Crippen MR) is 73.8 cm³/mol.